The molecular weight excluding hydrogens is 318 g/mol. The summed E-state index contributed by atoms with van der Waals surface area (Å²) in [6, 6.07) is 15.1. The average molecular weight is 334 g/mol. The molecule has 0 unspecified atom stereocenters. The Bertz CT molecular complexity index is 584. The number of nitrogens with one attached hydrogen (secondary N) is 1. The zero-order chi connectivity index (χ0) is 14.4. The predicted molar refractivity (Wildman–Crippen MR) is 83.1 cm³/mol. The van der Waals surface area contributed by atoms with Crippen LogP contribution in [0.15, 0.2) is 53.0 Å². The van der Waals surface area contributed by atoms with Crippen LogP contribution in [0.4, 0.5) is 0 Å². The van der Waals surface area contributed by atoms with Crippen LogP contribution in [0.3, 0.4) is 0 Å². The van der Waals surface area contributed by atoms with Gasteiger partial charge in [0.1, 0.15) is 12.4 Å². The predicted octanol–water partition coefficient (Wildman–Crippen LogP) is 3.57. The number of carbonyl (C=O) groups excluding carboxylic acids is 1. The van der Waals surface area contributed by atoms with E-state index in [-0.39, 0.29) is 5.91 Å². The molecule has 2 aromatic carbocycles. The lowest BCUT2D eigenvalue weighted by Gasteiger charge is -2.10. The largest absolute Gasteiger partial charge is 0.492 e. The van der Waals surface area contributed by atoms with E-state index >= 15 is 0 Å². The minimum absolute atomic E-state index is 0.0829. The van der Waals surface area contributed by atoms with Crippen LogP contribution in [0.5, 0.6) is 5.75 Å². The lowest BCUT2D eigenvalue weighted by molar-refractivity contribution is 0.0946. The number of rotatable bonds is 5. The van der Waals surface area contributed by atoms with Gasteiger partial charge in [0.15, 0.2) is 0 Å². The van der Waals surface area contributed by atoms with E-state index in [1.54, 1.807) is 0 Å². The zero-order valence-corrected chi connectivity index (χ0v) is 12.8. The van der Waals surface area contributed by atoms with Gasteiger partial charge < -0.3 is 10.1 Å². The lowest BCUT2D eigenvalue weighted by atomic mass is 10.1. The second-order valence-corrected chi connectivity index (χ2v) is 5.18. The van der Waals surface area contributed by atoms with Crippen molar-refractivity contribution in [3.05, 3.63) is 64.1 Å². The fourth-order valence-corrected chi connectivity index (χ4v) is 2.17. The van der Waals surface area contributed by atoms with Crippen molar-refractivity contribution in [1.29, 1.82) is 0 Å². The molecule has 20 heavy (non-hydrogen) atoms. The summed E-state index contributed by atoms with van der Waals surface area (Å²) in [6.45, 7) is 2.84. The molecule has 2 rings (SSSR count). The summed E-state index contributed by atoms with van der Waals surface area (Å²) < 4.78 is 6.46. The molecule has 2 aromatic rings. The molecular formula is C16H16BrNO2. The van der Waals surface area contributed by atoms with Crippen molar-refractivity contribution in [2.45, 2.75) is 6.92 Å². The molecule has 0 atom stereocenters. The van der Waals surface area contributed by atoms with Crippen molar-refractivity contribution in [2.24, 2.45) is 0 Å². The Kier molecular flexibility index (Phi) is 5.18. The number of halogens is 1. The molecule has 104 valence electrons. The molecule has 1 N–H and O–H groups in total. The van der Waals surface area contributed by atoms with Gasteiger partial charge in [0.2, 0.25) is 0 Å². The molecule has 0 aromatic heterocycles. The van der Waals surface area contributed by atoms with Gasteiger partial charge in [0.25, 0.3) is 5.91 Å². The summed E-state index contributed by atoms with van der Waals surface area (Å²) >= 11 is 3.42. The Morgan fingerprint density at radius 3 is 2.65 bits per heavy atom. The second-order valence-electron chi connectivity index (χ2n) is 4.33. The van der Waals surface area contributed by atoms with Gasteiger partial charge >= 0.3 is 0 Å². The van der Waals surface area contributed by atoms with Crippen molar-refractivity contribution in [2.75, 3.05) is 13.2 Å². The molecule has 0 fully saturated rings. The molecule has 1 amide bonds. The number of para-hydroxylation sites is 1. The maximum atomic E-state index is 12.0. The molecule has 0 aliphatic heterocycles. The Labute approximate surface area is 127 Å². The first kappa shape index (κ1) is 14.6. The highest BCUT2D eigenvalue weighted by Crippen LogP contribution is 2.19. The summed E-state index contributed by atoms with van der Waals surface area (Å²) in [5.41, 5.74) is 1.62. The van der Waals surface area contributed by atoms with Gasteiger partial charge in [-0.1, -0.05) is 40.2 Å². The monoisotopic (exact) mass is 333 g/mol. The summed E-state index contributed by atoms with van der Waals surface area (Å²) in [7, 11) is 0. The second kappa shape index (κ2) is 7.10. The Hall–Kier alpha value is -1.81. The van der Waals surface area contributed by atoms with E-state index in [0.717, 1.165) is 15.8 Å². The van der Waals surface area contributed by atoms with Crippen molar-refractivity contribution in [1.82, 2.24) is 5.32 Å². The summed E-state index contributed by atoms with van der Waals surface area (Å²) in [5, 5.41) is 2.85. The first-order chi connectivity index (χ1) is 9.68. The normalized spacial score (nSPS) is 10.1. The molecule has 0 bridgehead atoms. The molecule has 0 radical (unpaired) electrons. The fraction of sp³-hybridized carbons (Fsp3) is 0.188. The number of hydrogen-bond acceptors (Lipinski definition) is 2. The van der Waals surface area contributed by atoms with E-state index in [9.17, 15) is 4.79 Å². The number of ether oxygens (including phenoxy) is 1. The van der Waals surface area contributed by atoms with Crippen molar-refractivity contribution < 1.29 is 9.53 Å². The van der Waals surface area contributed by atoms with Crippen LogP contribution in [0.1, 0.15) is 15.9 Å². The minimum atomic E-state index is -0.0829. The minimum Gasteiger partial charge on any atom is -0.492 e. The lowest BCUT2D eigenvalue weighted by Crippen LogP contribution is -2.28. The maximum Gasteiger partial charge on any atom is 0.251 e. The van der Waals surface area contributed by atoms with Gasteiger partial charge in [-0.15, -0.1) is 0 Å². The topological polar surface area (TPSA) is 38.3 Å². The Balaban J connectivity index is 1.82. The number of amides is 1. The molecule has 0 aliphatic carbocycles. The molecule has 0 saturated heterocycles. The molecule has 0 heterocycles. The summed E-state index contributed by atoms with van der Waals surface area (Å²) in [6.07, 6.45) is 0. The van der Waals surface area contributed by atoms with Gasteiger partial charge in [-0.3, -0.25) is 4.79 Å². The molecule has 0 aliphatic rings. The van der Waals surface area contributed by atoms with Crippen LogP contribution < -0.4 is 10.1 Å². The fourth-order valence-electron chi connectivity index (χ4n) is 1.80. The van der Waals surface area contributed by atoms with E-state index in [1.807, 2.05) is 55.5 Å². The standard InChI is InChI=1S/C16H16BrNO2/c1-12-14(8-5-9-15(12)17)16(19)18-10-11-20-13-6-3-2-4-7-13/h2-9H,10-11H2,1H3,(H,18,19). The van der Waals surface area contributed by atoms with Crippen LogP contribution >= 0.6 is 15.9 Å². The van der Waals surface area contributed by atoms with Gasteiger partial charge in [-0.25, -0.2) is 0 Å². The highest BCUT2D eigenvalue weighted by Gasteiger charge is 2.09. The van der Waals surface area contributed by atoms with E-state index in [2.05, 4.69) is 21.2 Å². The third-order valence-electron chi connectivity index (χ3n) is 2.91. The Morgan fingerprint density at radius 2 is 1.90 bits per heavy atom. The van der Waals surface area contributed by atoms with E-state index < -0.39 is 0 Å². The highest BCUT2D eigenvalue weighted by atomic mass is 79.9. The van der Waals surface area contributed by atoms with Gasteiger partial charge in [0, 0.05) is 10.0 Å². The third kappa shape index (κ3) is 3.84. The average Bonchev–Trinajstić information content (AvgIpc) is 2.47. The van der Waals surface area contributed by atoms with Gasteiger partial charge in [-0.05, 0) is 36.8 Å². The number of hydrogen-bond donors (Lipinski definition) is 1. The summed E-state index contributed by atoms with van der Waals surface area (Å²) in [4.78, 5) is 12.0. The van der Waals surface area contributed by atoms with Crippen molar-refractivity contribution >= 4 is 21.8 Å². The molecule has 3 nitrogen and oxygen atoms in total. The Morgan fingerprint density at radius 1 is 1.15 bits per heavy atom. The smallest absolute Gasteiger partial charge is 0.251 e. The highest BCUT2D eigenvalue weighted by molar-refractivity contribution is 9.10. The molecule has 0 saturated carbocycles. The first-order valence-electron chi connectivity index (χ1n) is 6.39. The SMILES string of the molecule is Cc1c(Br)cccc1C(=O)NCCOc1ccccc1. The van der Waals surface area contributed by atoms with Gasteiger partial charge in [0.05, 0.1) is 6.54 Å². The van der Waals surface area contributed by atoms with Crippen LogP contribution in [0, 0.1) is 6.92 Å². The third-order valence-corrected chi connectivity index (χ3v) is 3.77. The van der Waals surface area contributed by atoms with Crippen molar-refractivity contribution in [3.63, 3.8) is 0 Å². The van der Waals surface area contributed by atoms with Crippen molar-refractivity contribution in [3.8, 4) is 5.75 Å². The zero-order valence-electron chi connectivity index (χ0n) is 11.2. The maximum absolute atomic E-state index is 12.0. The van der Waals surface area contributed by atoms with Gasteiger partial charge in [-0.2, -0.15) is 0 Å². The van der Waals surface area contributed by atoms with Crippen LogP contribution in [-0.2, 0) is 0 Å². The number of carbonyl (C=O) groups is 1. The number of benzene rings is 2. The van der Waals surface area contributed by atoms with E-state index in [0.29, 0.717) is 18.7 Å². The molecule has 4 heteroatoms. The van der Waals surface area contributed by atoms with E-state index in [4.69, 9.17) is 4.74 Å². The van der Waals surface area contributed by atoms with Crippen LogP contribution in [0.2, 0.25) is 0 Å². The molecule has 0 spiro atoms. The summed E-state index contributed by atoms with van der Waals surface area (Å²) in [5.74, 6) is 0.723. The first-order valence-corrected chi connectivity index (χ1v) is 7.19. The van der Waals surface area contributed by atoms with E-state index in [1.165, 1.54) is 0 Å². The quantitative estimate of drug-likeness (QED) is 0.849. The van der Waals surface area contributed by atoms with Crippen LogP contribution in [-0.4, -0.2) is 19.1 Å². The van der Waals surface area contributed by atoms with Crippen LogP contribution in [0.25, 0.3) is 0 Å².